The molecule has 0 amide bonds. The van der Waals surface area contributed by atoms with Crippen LogP contribution in [0.1, 0.15) is 43.0 Å². The molecule has 21 heavy (non-hydrogen) atoms. The van der Waals surface area contributed by atoms with Gasteiger partial charge >= 0.3 is 5.97 Å². The first-order valence-electron chi connectivity index (χ1n) is 7.99. The molecular formula is C17H24N2O2. The minimum Gasteiger partial charge on any atom is -0.462 e. The van der Waals surface area contributed by atoms with Crippen LogP contribution in [0.2, 0.25) is 0 Å². The van der Waals surface area contributed by atoms with E-state index in [0.717, 1.165) is 30.0 Å². The van der Waals surface area contributed by atoms with Gasteiger partial charge in [-0.15, -0.1) is 0 Å². The van der Waals surface area contributed by atoms with Crippen molar-refractivity contribution in [1.29, 1.82) is 0 Å². The lowest BCUT2D eigenvalue weighted by Crippen LogP contribution is -2.19. The first-order chi connectivity index (χ1) is 10.2. The molecule has 0 atom stereocenters. The Morgan fingerprint density at radius 2 is 2.00 bits per heavy atom. The lowest BCUT2D eigenvalue weighted by molar-refractivity contribution is 0.0526. The predicted octanol–water partition coefficient (Wildman–Crippen LogP) is 3.29. The summed E-state index contributed by atoms with van der Waals surface area (Å²) in [7, 11) is 0. The Bertz CT molecular complexity index is 510. The van der Waals surface area contributed by atoms with Gasteiger partial charge in [0.25, 0.3) is 0 Å². The molecule has 0 unspecified atom stereocenters. The molecule has 114 valence electrons. The van der Waals surface area contributed by atoms with Crippen molar-refractivity contribution in [2.75, 3.05) is 24.2 Å². The number of benzene rings is 1. The first-order valence-corrected chi connectivity index (χ1v) is 7.99. The summed E-state index contributed by atoms with van der Waals surface area (Å²) in [6.07, 6.45) is 5.56. The van der Waals surface area contributed by atoms with E-state index in [1.54, 1.807) is 19.1 Å². The van der Waals surface area contributed by atoms with Crippen molar-refractivity contribution in [3.05, 3.63) is 23.8 Å². The highest BCUT2D eigenvalue weighted by atomic mass is 16.5. The Morgan fingerprint density at radius 3 is 2.52 bits per heavy atom. The SMILES string of the molecule is CCOC(=O)c1ccc(NCC(C2CC2)C2CC2)c(N)c1. The minimum atomic E-state index is -0.315. The van der Waals surface area contributed by atoms with Gasteiger partial charge in [0.15, 0.2) is 0 Å². The molecule has 2 fully saturated rings. The summed E-state index contributed by atoms with van der Waals surface area (Å²) in [5, 5.41) is 3.48. The molecule has 4 nitrogen and oxygen atoms in total. The van der Waals surface area contributed by atoms with Crippen molar-refractivity contribution in [2.45, 2.75) is 32.6 Å². The zero-order valence-electron chi connectivity index (χ0n) is 12.6. The van der Waals surface area contributed by atoms with E-state index in [-0.39, 0.29) is 5.97 Å². The van der Waals surface area contributed by atoms with Crippen LogP contribution in [0.25, 0.3) is 0 Å². The molecular weight excluding hydrogens is 264 g/mol. The van der Waals surface area contributed by atoms with E-state index in [1.165, 1.54) is 25.7 Å². The molecule has 3 rings (SSSR count). The van der Waals surface area contributed by atoms with Crippen molar-refractivity contribution < 1.29 is 9.53 Å². The maximum atomic E-state index is 11.7. The highest BCUT2D eigenvalue weighted by Crippen LogP contribution is 2.49. The maximum Gasteiger partial charge on any atom is 0.338 e. The fourth-order valence-corrected chi connectivity index (χ4v) is 3.06. The molecule has 0 bridgehead atoms. The number of rotatable bonds is 7. The van der Waals surface area contributed by atoms with Gasteiger partial charge in [-0.05, 0) is 68.6 Å². The van der Waals surface area contributed by atoms with Crippen molar-refractivity contribution in [2.24, 2.45) is 17.8 Å². The van der Waals surface area contributed by atoms with Gasteiger partial charge < -0.3 is 15.8 Å². The van der Waals surface area contributed by atoms with E-state index in [4.69, 9.17) is 10.5 Å². The number of ether oxygens (including phenoxy) is 1. The number of carbonyl (C=O) groups excluding carboxylic acids is 1. The van der Waals surface area contributed by atoms with Crippen LogP contribution in [0, 0.1) is 17.8 Å². The van der Waals surface area contributed by atoms with Crippen LogP contribution in [-0.2, 0) is 4.74 Å². The highest BCUT2D eigenvalue weighted by molar-refractivity contribution is 5.91. The standard InChI is InChI=1S/C17H24N2O2/c1-2-21-17(20)13-7-8-16(15(18)9-13)19-10-14(11-3-4-11)12-5-6-12/h7-9,11-12,14,19H,2-6,10,18H2,1H3. The largest absolute Gasteiger partial charge is 0.462 e. The third-order valence-corrected chi connectivity index (χ3v) is 4.55. The fraction of sp³-hybridized carbons (Fsp3) is 0.588. The number of carbonyl (C=O) groups is 1. The molecule has 0 radical (unpaired) electrons. The predicted molar refractivity (Wildman–Crippen MR) is 84.2 cm³/mol. The second-order valence-corrected chi connectivity index (χ2v) is 6.24. The average Bonchev–Trinajstić information content (AvgIpc) is 3.35. The van der Waals surface area contributed by atoms with Gasteiger partial charge in [-0.25, -0.2) is 4.79 Å². The molecule has 3 N–H and O–H groups in total. The normalized spacial score (nSPS) is 17.8. The fourth-order valence-electron chi connectivity index (χ4n) is 3.06. The van der Waals surface area contributed by atoms with Crippen molar-refractivity contribution >= 4 is 17.3 Å². The van der Waals surface area contributed by atoms with E-state index in [9.17, 15) is 4.79 Å². The molecule has 4 heteroatoms. The summed E-state index contributed by atoms with van der Waals surface area (Å²) >= 11 is 0. The van der Waals surface area contributed by atoms with Crippen LogP contribution in [0.3, 0.4) is 0 Å². The van der Waals surface area contributed by atoms with Gasteiger partial charge in [-0.2, -0.15) is 0 Å². The Labute approximate surface area is 126 Å². The second kappa shape index (κ2) is 5.96. The highest BCUT2D eigenvalue weighted by Gasteiger charge is 2.41. The Hall–Kier alpha value is -1.71. The van der Waals surface area contributed by atoms with Crippen LogP contribution in [0.15, 0.2) is 18.2 Å². The Balaban J connectivity index is 1.61. The minimum absolute atomic E-state index is 0.315. The molecule has 0 saturated heterocycles. The number of nitrogens with two attached hydrogens (primary N) is 1. The van der Waals surface area contributed by atoms with E-state index in [2.05, 4.69) is 5.32 Å². The number of hydrogen-bond acceptors (Lipinski definition) is 4. The topological polar surface area (TPSA) is 64.3 Å². The number of anilines is 2. The third kappa shape index (κ3) is 3.49. The Kier molecular flexibility index (Phi) is 4.04. The van der Waals surface area contributed by atoms with E-state index in [1.807, 2.05) is 6.07 Å². The van der Waals surface area contributed by atoms with E-state index < -0.39 is 0 Å². The molecule has 2 aliphatic rings. The van der Waals surface area contributed by atoms with Crippen LogP contribution >= 0.6 is 0 Å². The zero-order chi connectivity index (χ0) is 14.8. The molecule has 0 aliphatic heterocycles. The van der Waals surface area contributed by atoms with Gasteiger partial charge in [0.05, 0.1) is 23.5 Å². The van der Waals surface area contributed by atoms with Crippen molar-refractivity contribution in [3.8, 4) is 0 Å². The third-order valence-electron chi connectivity index (χ3n) is 4.55. The van der Waals surface area contributed by atoms with Crippen LogP contribution in [-0.4, -0.2) is 19.1 Å². The van der Waals surface area contributed by atoms with E-state index >= 15 is 0 Å². The number of nitrogens with one attached hydrogen (secondary N) is 1. The number of hydrogen-bond donors (Lipinski definition) is 2. The van der Waals surface area contributed by atoms with Crippen molar-refractivity contribution in [1.82, 2.24) is 0 Å². The quantitative estimate of drug-likeness (QED) is 0.597. The molecule has 0 heterocycles. The number of nitrogen functional groups attached to an aromatic ring is 1. The van der Waals surface area contributed by atoms with Gasteiger partial charge in [0.1, 0.15) is 0 Å². The summed E-state index contributed by atoms with van der Waals surface area (Å²) in [6, 6.07) is 5.36. The Morgan fingerprint density at radius 1 is 1.33 bits per heavy atom. The molecule has 0 aromatic heterocycles. The van der Waals surface area contributed by atoms with Crippen LogP contribution in [0.4, 0.5) is 11.4 Å². The number of esters is 1. The second-order valence-electron chi connectivity index (χ2n) is 6.24. The lowest BCUT2D eigenvalue weighted by atomic mass is 9.98. The van der Waals surface area contributed by atoms with Crippen LogP contribution < -0.4 is 11.1 Å². The van der Waals surface area contributed by atoms with Gasteiger partial charge in [0, 0.05) is 6.54 Å². The average molecular weight is 288 g/mol. The van der Waals surface area contributed by atoms with Crippen molar-refractivity contribution in [3.63, 3.8) is 0 Å². The lowest BCUT2D eigenvalue weighted by Gasteiger charge is -2.18. The summed E-state index contributed by atoms with van der Waals surface area (Å²) < 4.78 is 4.99. The molecule has 2 aliphatic carbocycles. The van der Waals surface area contributed by atoms with Gasteiger partial charge in [-0.1, -0.05) is 0 Å². The first kappa shape index (κ1) is 14.2. The zero-order valence-corrected chi connectivity index (χ0v) is 12.6. The van der Waals surface area contributed by atoms with Gasteiger partial charge in [-0.3, -0.25) is 0 Å². The smallest absolute Gasteiger partial charge is 0.338 e. The maximum absolute atomic E-state index is 11.7. The molecule has 0 spiro atoms. The summed E-state index contributed by atoms with van der Waals surface area (Å²) in [5.41, 5.74) is 8.11. The summed E-state index contributed by atoms with van der Waals surface area (Å²) in [4.78, 5) is 11.7. The molecule has 2 saturated carbocycles. The van der Waals surface area contributed by atoms with Gasteiger partial charge in [0.2, 0.25) is 0 Å². The summed E-state index contributed by atoms with van der Waals surface area (Å²) in [5.74, 6) is 2.33. The molecule has 1 aromatic carbocycles. The molecule has 1 aromatic rings. The monoisotopic (exact) mass is 288 g/mol. The summed E-state index contributed by atoms with van der Waals surface area (Å²) in [6.45, 7) is 3.18. The van der Waals surface area contributed by atoms with E-state index in [0.29, 0.717) is 17.9 Å². The van der Waals surface area contributed by atoms with Crippen LogP contribution in [0.5, 0.6) is 0 Å².